The molecule has 196 valence electrons. The van der Waals surface area contributed by atoms with E-state index < -0.39 is 34.2 Å². The number of benzene rings is 2. The summed E-state index contributed by atoms with van der Waals surface area (Å²) in [5, 5.41) is 11.6. The van der Waals surface area contributed by atoms with E-state index in [0.717, 1.165) is 22.9 Å². The summed E-state index contributed by atoms with van der Waals surface area (Å²) in [5.74, 6) is -2.15. The topological polar surface area (TPSA) is 91.3 Å². The van der Waals surface area contributed by atoms with E-state index in [1.54, 1.807) is 27.0 Å². The zero-order valence-corrected chi connectivity index (χ0v) is 22.2. The maximum absolute atomic E-state index is 13.6. The van der Waals surface area contributed by atoms with E-state index >= 15 is 0 Å². The Bertz CT molecular complexity index is 997. The minimum absolute atomic E-state index is 0.0444. The number of carbonyl (C=O) groups excluding carboxylic acids is 2. The van der Waals surface area contributed by atoms with Gasteiger partial charge in [0.15, 0.2) is 5.79 Å². The summed E-state index contributed by atoms with van der Waals surface area (Å²) in [6.07, 6.45) is 1.52. The van der Waals surface area contributed by atoms with E-state index in [4.69, 9.17) is 18.9 Å². The predicted octanol–water partition coefficient (Wildman–Crippen LogP) is 4.30. The number of esters is 1. The maximum atomic E-state index is 13.6. The zero-order chi connectivity index (χ0) is 26.2. The number of ether oxygens (including phenoxy) is 4. The van der Waals surface area contributed by atoms with Gasteiger partial charge in [-0.15, -0.1) is 0 Å². The van der Waals surface area contributed by atoms with Gasteiger partial charge in [0.1, 0.15) is 6.10 Å². The number of aliphatic hydroxyl groups is 1. The minimum atomic E-state index is -2.29. The summed E-state index contributed by atoms with van der Waals surface area (Å²) in [5.41, 5.74) is -2.30. The van der Waals surface area contributed by atoms with E-state index in [9.17, 15) is 14.7 Å². The lowest BCUT2D eigenvalue weighted by Gasteiger charge is -2.42. The van der Waals surface area contributed by atoms with Gasteiger partial charge >= 0.3 is 5.97 Å². The van der Waals surface area contributed by atoms with Gasteiger partial charge in [0.05, 0.1) is 19.8 Å². The first-order valence-electron chi connectivity index (χ1n) is 12.2. The molecule has 0 aromatic heterocycles. The Labute approximate surface area is 217 Å². The van der Waals surface area contributed by atoms with E-state index in [2.05, 4.69) is 0 Å². The van der Waals surface area contributed by atoms with E-state index in [0.29, 0.717) is 12.8 Å². The third-order valence-electron chi connectivity index (χ3n) is 6.23. The van der Waals surface area contributed by atoms with Crippen molar-refractivity contribution in [1.82, 2.24) is 0 Å². The lowest BCUT2D eigenvalue weighted by atomic mass is 9.75. The second kappa shape index (κ2) is 12.3. The van der Waals surface area contributed by atoms with Crippen LogP contribution < -0.4 is 0 Å². The highest BCUT2D eigenvalue weighted by Crippen LogP contribution is 2.48. The SMILES string of the molecule is CCOC(=O)[C@](O)(CCCc1ccccc1)[C@@]1(C(=O)SC)OC(C)(C)O[C@@H]1COCc1ccccc1. The molecule has 3 rings (SSSR count). The Morgan fingerprint density at radius 1 is 1.06 bits per heavy atom. The van der Waals surface area contributed by atoms with Crippen LogP contribution in [0.15, 0.2) is 60.7 Å². The molecule has 36 heavy (non-hydrogen) atoms. The second-order valence-corrected chi connectivity index (χ2v) is 10.0. The smallest absolute Gasteiger partial charge is 0.341 e. The highest BCUT2D eigenvalue weighted by molar-refractivity contribution is 8.13. The fourth-order valence-electron chi connectivity index (χ4n) is 4.64. The summed E-state index contributed by atoms with van der Waals surface area (Å²) in [6.45, 7) is 5.22. The average molecular weight is 517 g/mol. The van der Waals surface area contributed by atoms with Crippen molar-refractivity contribution in [2.75, 3.05) is 19.5 Å². The Morgan fingerprint density at radius 2 is 1.67 bits per heavy atom. The molecule has 2 aromatic carbocycles. The molecule has 1 heterocycles. The molecular weight excluding hydrogens is 480 g/mol. The van der Waals surface area contributed by atoms with Gasteiger partial charge < -0.3 is 24.1 Å². The van der Waals surface area contributed by atoms with Crippen molar-refractivity contribution < 1.29 is 33.6 Å². The molecule has 0 saturated carbocycles. The molecule has 0 radical (unpaired) electrons. The summed E-state index contributed by atoms with van der Waals surface area (Å²) in [7, 11) is 0. The fourth-order valence-corrected chi connectivity index (χ4v) is 5.28. The molecule has 1 N–H and O–H groups in total. The summed E-state index contributed by atoms with van der Waals surface area (Å²) >= 11 is 0.880. The number of thioether (sulfide) groups is 1. The van der Waals surface area contributed by atoms with Crippen LogP contribution >= 0.6 is 11.8 Å². The third kappa shape index (κ3) is 6.18. The molecule has 3 atom stereocenters. The molecule has 8 heteroatoms. The molecule has 1 aliphatic rings. The molecule has 1 fully saturated rings. The van der Waals surface area contributed by atoms with Gasteiger partial charge in [-0.3, -0.25) is 4.79 Å². The fraction of sp³-hybridized carbons (Fsp3) is 0.500. The molecule has 1 aliphatic heterocycles. The highest BCUT2D eigenvalue weighted by Gasteiger charge is 2.71. The number of hydrogen-bond donors (Lipinski definition) is 1. The standard InChI is InChI=1S/C28H36O7S/c1-5-33-24(29)27(31,18-12-17-21-13-8-6-9-14-21)28(25(30)36-4)23(34-26(2,3)35-28)20-32-19-22-15-10-7-11-16-22/h6-11,13-16,23,31H,5,12,17-20H2,1-4H3/t23-,27-,28-/m1/s1. The van der Waals surface area contributed by atoms with Crippen LogP contribution in [0.3, 0.4) is 0 Å². The van der Waals surface area contributed by atoms with Gasteiger partial charge in [-0.05, 0) is 57.4 Å². The van der Waals surface area contributed by atoms with E-state index in [-0.39, 0.29) is 26.2 Å². The second-order valence-electron chi connectivity index (χ2n) is 9.26. The lowest BCUT2D eigenvalue weighted by Crippen LogP contribution is -2.69. The highest BCUT2D eigenvalue weighted by atomic mass is 32.2. The Kier molecular flexibility index (Phi) is 9.72. The minimum Gasteiger partial charge on any atom is -0.464 e. The first-order chi connectivity index (χ1) is 17.2. The zero-order valence-electron chi connectivity index (χ0n) is 21.4. The van der Waals surface area contributed by atoms with Gasteiger partial charge in [0.2, 0.25) is 16.3 Å². The average Bonchev–Trinajstić information content (AvgIpc) is 3.16. The molecule has 0 spiro atoms. The molecule has 0 amide bonds. The summed E-state index contributed by atoms with van der Waals surface area (Å²) < 4.78 is 23.6. The number of carbonyl (C=O) groups is 2. The first kappa shape index (κ1) is 28.3. The van der Waals surface area contributed by atoms with Crippen LogP contribution in [0, 0.1) is 0 Å². The van der Waals surface area contributed by atoms with E-state index in [1.807, 2.05) is 60.7 Å². The van der Waals surface area contributed by atoms with Gasteiger partial charge in [-0.25, -0.2) is 4.79 Å². The van der Waals surface area contributed by atoms with Crippen molar-refractivity contribution in [2.24, 2.45) is 0 Å². The van der Waals surface area contributed by atoms with Crippen molar-refractivity contribution in [1.29, 1.82) is 0 Å². The van der Waals surface area contributed by atoms with Crippen LogP contribution in [0.4, 0.5) is 0 Å². The van der Waals surface area contributed by atoms with Crippen molar-refractivity contribution in [3.8, 4) is 0 Å². The van der Waals surface area contributed by atoms with E-state index in [1.165, 1.54) is 0 Å². The third-order valence-corrected chi connectivity index (χ3v) is 6.90. The molecule has 0 unspecified atom stereocenters. The molecule has 0 aliphatic carbocycles. The van der Waals surface area contributed by atoms with Crippen molar-refractivity contribution >= 4 is 22.8 Å². The van der Waals surface area contributed by atoms with Gasteiger partial charge in [0, 0.05) is 0 Å². The van der Waals surface area contributed by atoms with Gasteiger partial charge in [0.25, 0.3) is 0 Å². The van der Waals surface area contributed by atoms with Crippen molar-refractivity contribution in [2.45, 2.75) is 69.7 Å². The molecule has 0 bridgehead atoms. The van der Waals surface area contributed by atoms with Crippen LogP contribution in [0.25, 0.3) is 0 Å². The number of hydrogen-bond acceptors (Lipinski definition) is 8. The van der Waals surface area contributed by atoms with Gasteiger partial charge in [-0.1, -0.05) is 72.4 Å². The normalized spacial score (nSPS) is 22.6. The predicted molar refractivity (Wildman–Crippen MR) is 138 cm³/mol. The Morgan fingerprint density at radius 3 is 2.25 bits per heavy atom. The van der Waals surface area contributed by atoms with Crippen molar-refractivity contribution in [3.63, 3.8) is 0 Å². The molecule has 2 aromatic rings. The maximum Gasteiger partial charge on any atom is 0.341 e. The molecule has 7 nitrogen and oxygen atoms in total. The first-order valence-corrected chi connectivity index (χ1v) is 13.4. The van der Waals surface area contributed by atoms with Crippen LogP contribution in [-0.2, 0) is 41.6 Å². The van der Waals surface area contributed by atoms with Crippen LogP contribution in [0.2, 0.25) is 0 Å². The quantitative estimate of drug-likeness (QED) is 0.418. The van der Waals surface area contributed by atoms with Crippen LogP contribution in [0.1, 0.15) is 44.7 Å². The molecule has 1 saturated heterocycles. The summed E-state index contributed by atoms with van der Waals surface area (Å²) in [6, 6.07) is 19.3. The lowest BCUT2D eigenvalue weighted by molar-refractivity contribution is -0.222. The van der Waals surface area contributed by atoms with Crippen LogP contribution in [0.5, 0.6) is 0 Å². The number of rotatable bonds is 12. The van der Waals surface area contributed by atoms with Crippen LogP contribution in [-0.4, -0.2) is 58.8 Å². The number of aryl methyl sites for hydroxylation is 1. The molecular formula is C28H36O7S. The Hall–Kier alpha value is -2.23. The summed E-state index contributed by atoms with van der Waals surface area (Å²) in [4.78, 5) is 27.0. The van der Waals surface area contributed by atoms with Gasteiger partial charge in [-0.2, -0.15) is 0 Å². The largest absolute Gasteiger partial charge is 0.464 e. The monoisotopic (exact) mass is 516 g/mol. The van der Waals surface area contributed by atoms with Crippen molar-refractivity contribution in [3.05, 3.63) is 71.8 Å². The Balaban J connectivity index is 1.94.